The Hall–Kier alpha value is -5.72. The largest absolute Gasteiger partial charge is 0.480 e. The summed E-state index contributed by atoms with van der Waals surface area (Å²) < 4.78 is 98.5. The number of aliphatic carboxylic acids is 1. The van der Waals surface area contributed by atoms with Crippen molar-refractivity contribution in [2.45, 2.75) is 44.7 Å². The fourth-order valence-electron chi connectivity index (χ4n) is 7.90. The standard InChI is InChI=1S/C55H81N7O19S/c56-45-10-12-47-48-13-11-46(60-61-57)42-51(48)62(54(49(47)41-45)44-7-3-1-4-8-44)16-6-2-5-9-52(63)58-15-18-71-20-22-73-24-26-75-28-30-77-32-34-79-36-38-81-40-39-80-37-35-78-33-31-76-29-27-74-25-23-72-21-19-70-17-14-53(64)59-50(55(65)66)43-82(67,68)69/h1,3-4,7-8,10-13,41-42,50H,2,5-6,9,14-40,43,56H2,(H3-,58,59,63,64,65,66,67,68,69)/p+1/t50-/m0/s1. The van der Waals surface area contributed by atoms with E-state index < -0.39 is 33.8 Å². The number of aryl methyl sites for hydroxylation is 1. The molecule has 4 aromatic rings. The van der Waals surface area contributed by atoms with Crippen molar-refractivity contribution in [3.63, 3.8) is 0 Å². The first-order chi connectivity index (χ1) is 40.0. The van der Waals surface area contributed by atoms with Crippen LogP contribution in [0.15, 0.2) is 71.8 Å². The van der Waals surface area contributed by atoms with Crippen LogP contribution in [0.1, 0.15) is 32.1 Å². The molecule has 0 fully saturated rings. The minimum atomic E-state index is -4.57. The topological polar surface area (TPSA) is 339 Å². The van der Waals surface area contributed by atoms with E-state index in [1.54, 1.807) is 0 Å². The zero-order chi connectivity index (χ0) is 58.7. The number of hydrogen-bond donors (Lipinski definition) is 5. The Labute approximate surface area is 478 Å². The van der Waals surface area contributed by atoms with Crippen LogP contribution in [0.2, 0.25) is 0 Å². The third kappa shape index (κ3) is 30.5. The maximum absolute atomic E-state index is 12.6. The third-order valence-electron chi connectivity index (χ3n) is 11.8. The number of nitrogen functional groups attached to an aromatic ring is 1. The minimum Gasteiger partial charge on any atom is -0.480 e. The number of nitrogens with two attached hydrogens (primary N) is 1. The van der Waals surface area contributed by atoms with Gasteiger partial charge in [0.1, 0.15) is 18.3 Å². The van der Waals surface area contributed by atoms with Gasteiger partial charge in [-0.3, -0.25) is 14.1 Å². The molecule has 0 radical (unpaired) electrons. The molecule has 1 atom stereocenters. The van der Waals surface area contributed by atoms with E-state index in [0.29, 0.717) is 170 Å². The predicted octanol–water partition coefficient (Wildman–Crippen LogP) is 4.19. The summed E-state index contributed by atoms with van der Waals surface area (Å²) in [5.41, 5.74) is 19.7. The Kier molecular flexibility index (Phi) is 36.1. The lowest BCUT2D eigenvalue weighted by atomic mass is 9.98. The number of amides is 2. The van der Waals surface area contributed by atoms with Gasteiger partial charge in [0.25, 0.3) is 10.1 Å². The molecule has 0 saturated carbocycles. The molecule has 0 aliphatic heterocycles. The number of aromatic nitrogens is 1. The number of anilines is 1. The molecular formula is C55H82N7O19S+. The van der Waals surface area contributed by atoms with Gasteiger partial charge in [-0.25, -0.2) is 4.79 Å². The molecule has 0 unspecified atom stereocenters. The SMILES string of the molecule is [N-]=[N+]=Nc1ccc2c3ccc(N)cc3c(-c3ccccc3)[n+](CCCCCC(=O)NCCOCCOCCOCCOCCOCCOCCOCCOCCOCCOCCOCCOCCC(=O)N[C@@H](CS(=O)(=O)O)C(=O)O)c2c1. The first kappa shape index (κ1) is 68.8. The van der Waals surface area contributed by atoms with Crippen LogP contribution in [0.25, 0.3) is 43.4 Å². The van der Waals surface area contributed by atoms with Gasteiger partial charge in [-0.15, -0.1) is 0 Å². The zero-order valence-electron chi connectivity index (χ0n) is 46.7. The number of carbonyl (C=O) groups excluding carboxylic acids is 2. The molecule has 26 nitrogen and oxygen atoms in total. The number of azide groups is 1. The van der Waals surface area contributed by atoms with Crippen molar-refractivity contribution in [1.82, 2.24) is 10.6 Å². The van der Waals surface area contributed by atoms with Crippen LogP contribution < -0.4 is 20.9 Å². The minimum absolute atomic E-state index is 0.0121. The van der Waals surface area contributed by atoms with Gasteiger partial charge in [0.05, 0.1) is 169 Å². The number of hydrogen-bond acceptors (Lipinski definition) is 19. The molecular weight excluding hydrogens is 1090 g/mol. The zero-order valence-corrected chi connectivity index (χ0v) is 47.5. The van der Waals surface area contributed by atoms with Gasteiger partial charge in [-0.1, -0.05) is 35.4 Å². The van der Waals surface area contributed by atoms with E-state index >= 15 is 0 Å². The van der Waals surface area contributed by atoms with Crippen molar-refractivity contribution < 1.29 is 93.9 Å². The smallest absolute Gasteiger partial charge is 0.327 e. The average Bonchev–Trinajstić information content (AvgIpc) is 1.70. The van der Waals surface area contributed by atoms with Crippen LogP contribution in [0.3, 0.4) is 0 Å². The number of carbonyl (C=O) groups is 3. The molecule has 6 N–H and O–H groups in total. The summed E-state index contributed by atoms with van der Waals surface area (Å²) in [5, 5.41) is 20.9. The maximum atomic E-state index is 12.6. The van der Waals surface area contributed by atoms with Crippen LogP contribution in [-0.2, 0) is 87.9 Å². The van der Waals surface area contributed by atoms with Gasteiger partial charge >= 0.3 is 5.97 Å². The van der Waals surface area contributed by atoms with E-state index in [0.717, 1.165) is 52.2 Å². The first-order valence-electron chi connectivity index (χ1n) is 27.4. The molecule has 0 bridgehead atoms. The van der Waals surface area contributed by atoms with E-state index in [4.69, 9.17) is 77.8 Å². The highest BCUT2D eigenvalue weighted by Crippen LogP contribution is 2.34. The molecule has 0 spiro atoms. The summed E-state index contributed by atoms with van der Waals surface area (Å²) in [6, 6.07) is 20.1. The number of ether oxygens (including phenoxy) is 12. The molecule has 4 rings (SSSR count). The van der Waals surface area contributed by atoms with Crippen molar-refractivity contribution in [3.05, 3.63) is 77.2 Å². The van der Waals surface area contributed by atoms with Crippen molar-refractivity contribution in [2.75, 3.05) is 177 Å². The molecule has 2 amide bonds. The Balaban J connectivity index is 0.832. The molecule has 0 aliphatic rings. The monoisotopic (exact) mass is 1180 g/mol. The molecule has 1 aromatic heterocycles. The van der Waals surface area contributed by atoms with Gasteiger partial charge in [0.2, 0.25) is 23.0 Å². The number of nitrogens with one attached hydrogen (secondary N) is 2. The Morgan fingerprint density at radius 3 is 1.49 bits per heavy atom. The summed E-state index contributed by atoms with van der Waals surface area (Å²) >= 11 is 0. The maximum Gasteiger partial charge on any atom is 0.327 e. The third-order valence-corrected chi connectivity index (χ3v) is 12.5. The highest BCUT2D eigenvalue weighted by Gasteiger charge is 2.26. The molecule has 3 aromatic carbocycles. The lowest BCUT2D eigenvalue weighted by Crippen LogP contribution is -2.45. The van der Waals surface area contributed by atoms with Crippen molar-refractivity contribution in [3.8, 4) is 11.3 Å². The fourth-order valence-corrected chi connectivity index (χ4v) is 8.55. The fraction of sp³-hybridized carbons (Fsp3) is 0.600. The number of fused-ring (bicyclic) bond motifs is 3. The number of rotatable bonds is 51. The van der Waals surface area contributed by atoms with E-state index in [2.05, 4.69) is 32.0 Å². The number of nitrogens with zero attached hydrogens (tertiary/aromatic N) is 4. The van der Waals surface area contributed by atoms with Gasteiger partial charge < -0.3 is 78.3 Å². The Morgan fingerprint density at radius 2 is 1.02 bits per heavy atom. The quantitative estimate of drug-likeness (QED) is 0.00604. The van der Waals surface area contributed by atoms with Gasteiger partial charge in [-0.05, 0) is 48.7 Å². The molecule has 82 heavy (non-hydrogen) atoms. The highest BCUT2D eigenvalue weighted by atomic mass is 32.2. The number of pyridine rings is 1. The normalized spacial score (nSPS) is 12.0. The van der Waals surface area contributed by atoms with Crippen LogP contribution >= 0.6 is 0 Å². The number of unbranched alkanes of at least 4 members (excludes halogenated alkanes) is 2. The predicted molar refractivity (Wildman–Crippen MR) is 302 cm³/mol. The van der Waals surface area contributed by atoms with E-state index in [1.807, 2.05) is 59.9 Å². The number of carboxylic acids is 1. The lowest BCUT2D eigenvalue weighted by Gasteiger charge is -2.13. The van der Waals surface area contributed by atoms with Crippen LogP contribution in [0.4, 0.5) is 11.4 Å². The van der Waals surface area contributed by atoms with Gasteiger partial charge in [0, 0.05) is 59.1 Å². The van der Waals surface area contributed by atoms with E-state index in [1.165, 1.54) is 0 Å². The van der Waals surface area contributed by atoms with Crippen molar-refractivity contribution >= 4 is 61.0 Å². The second-order valence-corrected chi connectivity index (χ2v) is 19.5. The van der Waals surface area contributed by atoms with E-state index in [-0.39, 0.29) is 32.1 Å². The second kappa shape index (κ2) is 43.0. The number of carboxylic acid groups (broad SMARTS) is 1. The molecule has 0 saturated heterocycles. The first-order valence-corrected chi connectivity index (χ1v) is 29.0. The molecule has 27 heteroatoms. The lowest BCUT2D eigenvalue weighted by molar-refractivity contribution is -0.659. The molecule has 1 heterocycles. The molecule has 456 valence electrons. The van der Waals surface area contributed by atoms with Crippen LogP contribution in [0.5, 0.6) is 0 Å². The summed E-state index contributed by atoms with van der Waals surface area (Å²) in [6.45, 7) is 10.3. The Morgan fingerprint density at radius 1 is 0.561 bits per heavy atom. The summed E-state index contributed by atoms with van der Waals surface area (Å²) in [6.07, 6.45) is 2.65. The average molecular weight is 1180 g/mol. The van der Waals surface area contributed by atoms with E-state index in [9.17, 15) is 22.8 Å². The van der Waals surface area contributed by atoms with Crippen molar-refractivity contribution in [1.29, 1.82) is 0 Å². The Bertz CT molecular complexity index is 2600. The van der Waals surface area contributed by atoms with Gasteiger partial charge in [0.15, 0.2) is 0 Å². The highest BCUT2D eigenvalue weighted by molar-refractivity contribution is 7.85. The molecule has 0 aliphatic carbocycles. The van der Waals surface area contributed by atoms with Crippen LogP contribution in [-0.4, -0.2) is 213 Å². The van der Waals surface area contributed by atoms with Crippen molar-refractivity contribution in [2.24, 2.45) is 5.11 Å². The van der Waals surface area contributed by atoms with Gasteiger partial charge in [-0.2, -0.15) is 13.0 Å². The van der Waals surface area contributed by atoms with Crippen LogP contribution in [0, 0.1) is 0 Å². The number of benzene rings is 3. The summed E-state index contributed by atoms with van der Waals surface area (Å²) in [5.74, 6) is -3.46. The summed E-state index contributed by atoms with van der Waals surface area (Å²) in [7, 11) is -4.57. The second-order valence-electron chi connectivity index (χ2n) is 18.0. The summed E-state index contributed by atoms with van der Waals surface area (Å²) in [4.78, 5) is 38.4.